The number of carbonyl (C=O) groups excluding carboxylic acids is 1. The van der Waals surface area contributed by atoms with Crippen molar-refractivity contribution in [2.24, 2.45) is 17.3 Å². The van der Waals surface area contributed by atoms with E-state index in [1.807, 2.05) is 4.90 Å². The Balaban J connectivity index is 1.21. The summed E-state index contributed by atoms with van der Waals surface area (Å²) in [6.07, 6.45) is 13.2. The zero-order chi connectivity index (χ0) is 20.0. The van der Waals surface area contributed by atoms with Crippen molar-refractivity contribution < 1.29 is 19.3 Å². The molecule has 4 heteroatoms. The average molecular weight is 403 g/mol. The SMILES string of the molecule is CC1=C2C[C@@H]3[C@H](C[NH+]4CCC([NH+]5CCCCC5)CC4)C(=O)O[C@@H]3C[C@@]2(C)CCC1. The largest absolute Gasteiger partial charge is 0.462 e. The maximum absolute atomic E-state index is 12.9. The second-order valence-corrected chi connectivity index (χ2v) is 11.3. The summed E-state index contributed by atoms with van der Waals surface area (Å²) in [5.74, 6) is 0.703. The highest BCUT2D eigenvalue weighted by molar-refractivity contribution is 5.75. The van der Waals surface area contributed by atoms with Crippen LogP contribution in [0.4, 0.5) is 0 Å². The van der Waals surface area contributed by atoms with Gasteiger partial charge >= 0.3 is 5.97 Å². The number of hydrogen-bond donors (Lipinski definition) is 2. The number of ether oxygens (including phenoxy) is 1. The summed E-state index contributed by atoms with van der Waals surface area (Å²) >= 11 is 0. The molecule has 2 N–H and O–H groups in total. The first-order valence-corrected chi connectivity index (χ1v) is 12.6. The first kappa shape index (κ1) is 20.1. The lowest BCUT2D eigenvalue weighted by atomic mass is 9.59. The van der Waals surface area contributed by atoms with Gasteiger partial charge < -0.3 is 14.5 Å². The maximum Gasteiger partial charge on any atom is 0.315 e. The molecule has 0 amide bonds. The molecule has 4 atom stereocenters. The maximum atomic E-state index is 12.9. The summed E-state index contributed by atoms with van der Waals surface area (Å²) in [5, 5.41) is 0. The number of carbonyl (C=O) groups is 1. The van der Waals surface area contributed by atoms with E-state index in [4.69, 9.17) is 4.74 Å². The minimum absolute atomic E-state index is 0.122. The van der Waals surface area contributed by atoms with Crippen molar-refractivity contribution in [3.05, 3.63) is 11.1 Å². The third-order valence-corrected chi connectivity index (χ3v) is 9.45. The number of piperidine rings is 2. The number of esters is 1. The second-order valence-electron chi connectivity index (χ2n) is 11.3. The monoisotopic (exact) mass is 402 g/mol. The summed E-state index contributed by atoms with van der Waals surface area (Å²) in [6.45, 7) is 11.1. The topological polar surface area (TPSA) is 35.2 Å². The number of nitrogens with one attached hydrogen (secondary N) is 2. The predicted molar refractivity (Wildman–Crippen MR) is 114 cm³/mol. The number of hydrogen-bond acceptors (Lipinski definition) is 2. The van der Waals surface area contributed by atoms with Gasteiger partial charge in [0.1, 0.15) is 12.0 Å². The Bertz CT molecular complexity index is 660. The second kappa shape index (κ2) is 8.00. The van der Waals surface area contributed by atoms with Crippen LogP contribution in [0.5, 0.6) is 0 Å². The summed E-state index contributed by atoms with van der Waals surface area (Å²) < 4.78 is 6.01. The van der Waals surface area contributed by atoms with E-state index in [1.54, 1.807) is 16.0 Å². The highest BCUT2D eigenvalue weighted by Gasteiger charge is 2.54. The van der Waals surface area contributed by atoms with Gasteiger partial charge in [-0.15, -0.1) is 0 Å². The van der Waals surface area contributed by atoms with Crippen molar-refractivity contribution in [1.29, 1.82) is 0 Å². The smallest absolute Gasteiger partial charge is 0.315 e. The number of quaternary nitrogens is 2. The molecular formula is C25H42N2O2+2. The fourth-order valence-electron chi connectivity index (χ4n) is 7.71. The van der Waals surface area contributed by atoms with E-state index < -0.39 is 0 Å². The molecule has 162 valence electrons. The van der Waals surface area contributed by atoms with Crippen LogP contribution in [0.2, 0.25) is 0 Å². The normalized spacial score (nSPS) is 43.7. The minimum atomic E-state index is 0.122. The van der Waals surface area contributed by atoms with Crippen LogP contribution < -0.4 is 9.80 Å². The highest BCUT2D eigenvalue weighted by atomic mass is 16.6. The molecule has 4 fully saturated rings. The first-order chi connectivity index (χ1) is 14.0. The molecule has 29 heavy (non-hydrogen) atoms. The fraction of sp³-hybridized carbons (Fsp3) is 0.880. The van der Waals surface area contributed by atoms with E-state index >= 15 is 0 Å². The quantitative estimate of drug-likeness (QED) is 0.555. The molecule has 1 saturated carbocycles. The van der Waals surface area contributed by atoms with Gasteiger partial charge in [-0.25, -0.2) is 0 Å². The Kier molecular flexibility index (Phi) is 5.53. The fourth-order valence-corrected chi connectivity index (χ4v) is 7.71. The zero-order valence-electron chi connectivity index (χ0n) is 18.7. The van der Waals surface area contributed by atoms with Crippen LogP contribution in [0.3, 0.4) is 0 Å². The van der Waals surface area contributed by atoms with Gasteiger partial charge in [0.05, 0.1) is 38.8 Å². The molecule has 3 aliphatic heterocycles. The Labute approximate surface area is 177 Å². The molecule has 0 aromatic carbocycles. The van der Waals surface area contributed by atoms with Gasteiger partial charge in [0.2, 0.25) is 0 Å². The predicted octanol–water partition coefficient (Wildman–Crippen LogP) is 1.56. The number of fused-ring (bicyclic) bond motifs is 2. The molecule has 0 radical (unpaired) electrons. The highest BCUT2D eigenvalue weighted by Crippen LogP contribution is 2.54. The number of rotatable bonds is 3. The Morgan fingerprint density at radius 2 is 1.83 bits per heavy atom. The minimum Gasteiger partial charge on any atom is -0.462 e. The molecule has 0 aromatic rings. The van der Waals surface area contributed by atoms with Crippen LogP contribution in [-0.2, 0) is 9.53 Å². The summed E-state index contributed by atoms with van der Waals surface area (Å²) in [4.78, 5) is 16.4. The van der Waals surface area contributed by atoms with Crippen LogP contribution in [0.1, 0.15) is 78.1 Å². The van der Waals surface area contributed by atoms with Gasteiger partial charge in [-0.2, -0.15) is 0 Å². The first-order valence-electron chi connectivity index (χ1n) is 12.6. The van der Waals surface area contributed by atoms with Crippen LogP contribution in [0, 0.1) is 17.3 Å². The number of allylic oxidation sites excluding steroid dienone is 2. The Morgan fingerprint density at radius 1 is 1.07 bits per heavy atom. The van der Waals surface area contributed by atoms with E-state index in [0.717, 1.165) is 25.4 Å². The molecule has 2 aliphatic carbocycles. The summed E-state index contributed by atoms with van der Waals surface area (Å²) in [5.41, 5.74) is 3.60. The van der Waals surface area contributed by atoms with Crippen molar-refractivity contribution in [3.63, 3.8) is 0 Å². The molecule has 5 rings (SSSR count). The van der Waals surface area contributed by atoms with Crippen molar-refractivity contribution >= 4 is 5.97 Å². The van der Waals surface area contributed by atoms with Crippen molar-refractivity contribution in [3.8, 4) is 0 Å². The Morgan fingerprint density at radius 3 is 2.59 bits per heavy atom. The van der Waals surface area contributed by atoms with Crippen molar-refractivity contribution in [2.45, 2.75) is 90.2 Å². The molecule has 3 saturated heterocycles. The molecular weight excluding hydrogens is 360 g/mol. The third kappa shape index (κ3) is 3.80. The van der Waals surface area contributed by atoms with E-state index in [9.17, 15) is 4.79 Å². The molecule has 0 aromatic heterocycles. The van der Waals surface area contributed by atoms with E-state index in [2.05, 4.69) is 13.8 Å². The van der Waals surface area contributed by atoms with Crippen molar-refractivity contribution in [2.75, 3.05) is 32.7 Å². The molecule has 0 bridgehead atoms. The molecule has 0 unspecified atom stereocenters. The standard InChI is InChI=1S/C25H40N2O2/c1-18-7-6-10-25(2)16-23-20(15-22(18)25)21(24(28)29-23)17-26-13-8-19(9-14-26)27-11-4-3-5-12-27/h19-21,23H,3-17H2,1-2H3/p+2/t20-,21+,23-,25-/m1/s1. The van der Waals surface area contributed by atoms with Crippen LogP contribution in [-0.4, -0.2) is 50.8 Å². The van der Waals surface area contributed by atoms with E-state index in [0.29, 0.717) is 11.3 Å². The molecule has 3 heterocycles. The number of likely N-dealkylation sites (tertiary alicyclic amines) is 2. The molecule has 5 aliphatic rings. The average Bonchev–Trinajstić information content (AvgIpc) is 3.01. The van der Waals surface area contributed by atoms with Crippen LogP contribution in [0.15, 0.2) is 11.1 Å². The van der Waals surface area contributed by atoms with Gasteiger partial charge in [-0.05, 0) is 63.7 Å². The Hall–Kier alpha value is -0.870. The van der Waals surface area contributed by atoms with E-state index in [-0.39, 0.29) is 18.0 Å². The lowest BCUT2D eigenvalue weighted by Gasteiger charge is -2.45. The zero-order valence-corrected chi connectivity index (χ0v) is 18.7. The molecule has 0 spiro atoms. The molecule has 4 nitrogen and oxygen atoms in total. The van der Waals surface area contributed by atoms with Gasteiger partial charge in [0, 0.05) is 18.8 Å². The summed E-state index contributed by atoms with van der Waals surface area (Å²) in [7, 11) is 0. The third-order valence-electron chi connectivity index (χ3n) is 9.45. The van der Waals surface area contributed by atoms with Gasteiger partial charge in [0.15, 0.2) is 0 Å². The lowest BCUT2D eigenvalue weighted by molar-refractivity contribution is -0.961. The van der Waals surface area contributed by atoms with Crippen molar-refractivity contribution in [1.82, 2.24) is 0 Å². The van der Waals surface area contributed by atoms with Gasteiger partial charge in [-0.3, -0.25) is 4.79 Å². The lowest BCUT2D eigenvalue weighted by Crippen LogP contribution is -3.21. The van der Waals surface area contributed by atoms with Crippen LogP contribution >= 0.6 is 0 Å². The van der Waals surface area contributed by atoms with E-state index in [1.165, 1.54) is 77.5 Å². The van der Waals surface area contributed by atoms with Crippen LogP contribution in [0.25, 0.3) is 0 Å². The summed E-state index contributed by atoms with van der Waals surface area (Å²) in [6, 6.07) is 0.882. The van der Waals surface area contributed by atoms with Gasteiger partial charge in [0.25, 0.3) is 0 Å². The van der Waals surface area contributed by atoms with Gasteiger partial charge in [-0.1, -0.05) is 18.1 Å².